The minimum atomic E-state index is -1.06. The van der Waals surface area contributed by atoms with Crippen LogP contribution in [0.1, 0.15) is 47.3 Å². The number of H-pyrrole nitrogens is 1. The topological polar surface area (TPSA) is 139 Å². The summed E-state index contributed by atoms with van der Waals surface area (Å²) in [7, 11) is 0. The van der Waals surface area contributed by atoms with Crippen LogP contribution in [-0.2, 0) is 4.74 Å². The summed E-state index contributed by atoms with van der Waals surface area (Å²) in [6, 6.07) is 0. The fraction of sp³-hybridized carbons (Fsp3) is 0.538. The Kier molecular flexibility index (Phi) is 4.40. The van der Waals surface area contributed by atoms with Crippen LogP contribution in [0.3, 0.4) is 0 Å². The van der Waals surface area contributed by atoms with E-state index >= 15 is 0 Å². The molecule has 9 nitrogen and oxygen atoms in total. The lowest BCUT2D eigenvalue weighted by atomic mass is 10.1. The second-order valence-electron chi connectivity index (χ2n) is 5.08. The van der Waals surface area contributed by atoms with Crippen LogP contribution in [0.15, 0.2) is 9.59 Å². The van der Waals surface area contributed by atoms with Crippen molar-refractivity contribution < 1.29 is 24.5 Å². The first-order valence-electron chi connectivity index (χ1n) is 6.63. The van der Waals surface area contributed by atoms with Crippen LogP contribution in [-0.4, -0.2) is 50.1 Å². The summed E-state index contributed by atoms with van der Waals surface area (Å²) in [6.07, 6.45) is -3.07. The molecule has 0 unspecified atom stereocenters. The molecule has 0 radical (unpaired) electrons. The van der Waals surface area contributed by atoms with E-state index in [4.69, 9.17) is 9.84 Å². The molecule has 0 spiro atoms. The predicted octanol–water partition coefficient (Wildman–Crippen LogP) is -1.42. The van der Waals surface area contributed by atoms with Crippen LogP contribution in [0.2, 0.25) is 0 Å². The third-order valence-corrected chi connectivity index (χ3v) is 3.50. The second-order valence-corrected chi connectivity index (χ2v) is 5.08. The summed E-state index contributed by atoms with van der Waals surface area (Å²) in [4.78, 5) is 49.3. The van der Waals surface area contributed by atoms with Gasteiger partial charge in [-0.1, -0.05) is 0 Å². The highest BCUT2D eigenvalue weighted by Gasteiger charge is 2.37. The number of aliphatic hydroxyl groups is 2. The predicted molar refractivity (Wildman–Crippen MR) is 73.0 cm³/mol. The molecule has 2 rings (SSSR count). The molecule has 1 aliphatic heterocycles. The van der Waals surface area contributed by atoms with Crippen LogP contribution >= 0.6 is 0 Å². The second kappa shape index (κ2) is 5.95. The summed E-state index contributed by atoms with van der Waals surface area (Å²) >= 11 is 0. The van der Waals surface area contributed by atoms with E-state index in [0.29, 0.717) is 0 Å². The van der Waals surface area contributed by atoms with Gasteiger partial charge in [0.1, 0.15) is 23.6 Å². The molecule has 0 amide bonds. The molecule has 22 heavy (non-hydrogen) atoms. The first-order valence-corrected chi connectivity index (χ1v) is 6.63. The highest BCUT2D eigenvalue weighted by Crippen LogP contribution is 2.28. The Bertz CT molecular complexity index is 733. The van der Waals surface area contributed by atoms with E-state index < -0.39 is 53.4 Å². The van der Waals surface area contributed by atoms with Crippen molar-refractivity contribution in [1.29, 1.82) is 0 Å². The molecular weight excluding hydrogens is 296 g/mol. The van der Waals surface area contributed by atoms with E-state index in [1.807, 2.05) is 4.98 Å². The zero-order valence-corrected chi connectivity index (χ0v) is 12.0. The van der Waals surface area contributed by atoms with Gasteiger partial charge in [0.2, 0.25) is 0 Å². The molecule has 0 saturated carbocycles. The molecule has 1 aromatic rings. The molecular formula is C13H16N2O7. The van der Waals surface area contributed by atoms with Crippen LogP contribution in [0.4, 0.5) is 0 Å². The molecule has 1 aromatic heterocycles. The zero-order chi connectivity index (χ0) is 16.6. The Morgan fingerprint density at radius 1 is 1.32 bits per heavy atom. The fourth-order valence-electron chi connectivity index (χ4n) is 2.53. The van der Waals surface area contributed by atoms with Gasteiger partial charge in [-0.2, -0.15) is 0 Å². The van der Waals surface area contributed by atoms with Crippen LogP contribution in [0, 0.1) is 0 Å². The van der Waals surface area contributed by atoms with Crippen LogP contribution < -0.4 is 11.2 Å². The number of hydrogen-bond donors (Lipinski definition) is 3. The molecule has 3 N–H and O–H groups in total. The number of aromatic nitrogens is 2. The highest BCUT2D eigenvalue weighted by atomic mass is 16.5. The minimum absolute atomic E-state index is 0.0607. The van der Waals surface area contributed by atoms with Gasteiger partial charge >= 0.3 is 5.69 Å². The van der Waals surface area contributed by atoms with Crippen LogP contribution in [0.5, 0.6) is 0 Å². The minimum Gasteiger partial charge on any atom is -0.394 e. The normalized spacial score (nSPS) is 24.5. The standard InChI is InChI=1S/C13H16N2O7/c1-5(17)10-11(6(2)18)15(13(21)14-12(10)20)9-3-7(19)8(4-16)22-9/h7-9,16,19H,3-4H2,1-2H3,(H,14,20,21)/t7-,8+,9+/m0/s1. The Morgan fingerprint density at radius 2 is 1.95 bits per heavy atom. The number of nitrogens with one attached hydrogen (secondary N) is 1. The summed E-state index contributed by atoms with van der Waals surface area (Å²) in [5.74, 6) is -1.32. The van der Waals surface area contributed by atoms with Crippen molar-refractivity contribution in [2.75, 3.05) is 6.61 Å². The molecule has 0 aliphatic carbocycles. The lowest BCUT2D eigenvalue weighted by Crippen LogP contribution is -2.40. The first-order chi connectivity index (χ1) is 10.3. The van der Waals surface area contributed by atoms with E-state index in [2.05, 4.69) is 0 Å². The molecule has 1 aliphatic rings. The maximum atomic E-state index is 12.0. The summed E-state index contributed by atoms with van der Waals surface area (Å²) in [5, 5.41) is 18.8. The van der Waals surface area contributed by atoms with Crippen molar-refractivity contribution in [3.05, 3.63) is 32.1 Å². The van der Waals surface area contributed by atoms with Crippen molar-refractivity contribution in [2.24, 2.45) is 0 Å². The number of carbonyl (C=O) groups is 2. The SMILES string of the molecule is CC(=O)c1c(C(C)=O)n([C@H]2C[C@H](O)[C@@H](CO)O2)c(=O)[nH]c1=O. The van der Waals surface area contributed by atoms with Crippen LogP contribution in [0.25, 0.3) is 0 Å². The smallest absolute Gasteiger partial charge is 0.331 e. The Hall–Kier alpha value is -2.10. The molecule has 0 aromatic carbocycles. The third kappa shape index (κ3) is 2.65. The van der Waals surface area contributed by atoms with Crippen molar-refractivity contribution in [1.82, 2.24) is 9.55 Å². The van der Waals surface area contributed by atoms with Gasteiger partial charge in [0.05, 0.1) is 12.7 Å². The van der Waals surface area contributed by atoms with Gasteiger partial charge in [0.25, 0.3) is 5.56 Å². The molecule has 2 heterocycles. The van der Waals surface area contributed by atoms with Crippen molar-refractivity contribution in [3.63, 3.8) is 0 Å². The maximum Gasteiger partial charge on any atom is 0.331 e. The van der Waals surface area contributed by atoms with Crippen molar-refractivity contribution in [3.8, 4) is 0 Å². The molecule has 9 heteroatoms. The van der Waals surface area contributed by atoms with E-state index in [0.717, 1.165) is 18.4 Å². The summed E-state index contributed by atoms with van der Waals surface area (Å²) < 4.78 is 6.18. The van der Waals surface area contributed by atoms with Gasteiger partial charge in [-0.3, -0.25) is 23.9 Å². The number of carbonyl (C=O) groups excluding carboxylic acids is 2. The quantitative estimate of drug-likeness (QED) is 0.580. The Balaban J connectivity index is 2.69. The van der Waals surface area contributed by atoms with Gasteiger partial charge in [-0.25, -0.2) is 4.79 Å². The maximum absolute atomic E-state index is 12.0. The molecule has 0 bridgehead atoms. The van der Waals surface area contributed by atoms with E-state index in [9.17, 15) is 24.3 Å². The number of nitrogens with zero attached hydrogens (tertiary/aromatic N) is 1. The van der Waals surface area contributed by atoms with Gasteiger partial charge in [0.15, 0.2) is 11.6 Å². The highest BCUT2D eigenvalue weighted by molar-refractivity contribution is 6.05. The number of Topliss-reactive ketones (excluding diaryl/α,β-unsaturated/α-hetero) is 2. The summed E-state index contributed by atoms with van der Waals surface area (Å²) in [5.41, 5.74) is -2.66. The monoisotopic (exact) mass is 312 g/mol. The number of rotatable bonds is 4. The molecule has 3 atom stereocenters. The average Bonchev–Trinajstić information content (AvgIpc) is 2.77. The average molecular weight is 312 g/mol. The number of aromatic amines is 1. The lowest BCUT2D eigenvalue weighted by Gasteiger charge is -2.18. The number of aliphatic hydroxyl groups excluding tert-OH is 2. The number of ketones is 2. The Labute approximate surface area is 124 Å². The molecule has 1 fully saturated rings. The summed E-state index contributed by atoms with van der Waals surface area (Å²) in [6.45, 7) is 1.75. The van der Waals surface area contributed by atoms with E-state index in [-0.39, 0.29) is 12.1 Å². The first kappa shape index (κ1) is 16.3. The van der Waals surface area contributed by atoms with Gasteiger partial charge in [0, 0.05) is 13.3 Å². The molecule has 1 saturated heterocycles. The number of hydrogen-bond acceptors (Lipinski definition) is 7. The fourth-order valence-corrected chi connectivity index (χ4v) is 2.53. The Morgan fingerprint density at radius 3 is 2.41 bits per heavy atom. The number of ether oxygens (including phenoxy) is 1. The zero-order valence-electron chi connectivity index (χ0n) is 12.0. The van der Waals surface area contributed by atoms with Crippen molar-refractivity contribution in [2.45, 2.75) is 38.7 Å². The lowest BCUT2D eigenvalue weighted by molar-refractivity contribution is -0.0464. The third-order valence-electron chi connectivity index (χ3n) is 3.50. The van der Waals surface area contributed by atoms with E-state index in [1.165, 1.54) is 0 Å². The van der Waals surface area contributed by atoms with Crippen molar-refractivity contribution >= 4 is 11.6 Å². The largest absolute Gasteiger partial charge is 0.394 e. The van der Waals surface area contributed by atoms with Gasteiger partial charge in [-0.15, -0.1) is 0 Å². The van der Waals surface area contributed by atoms with E-state index in [1.54, 1.807) is 0 Å². The van der Waals surface area contributed by atoms with Gasteiger partial charge < -0.3 is 14.9 Å². The molecule has 120 valence electrons. The van der Waals surface area contributed by atoms with Gasteiger partial charge in [-0.05, 0) is 6.92 Å².